The van der Waals surface area contributed by atoms with Crippen molar-refractivity contribution in [3.05, 3.63) is 45.0 Å². The van der Waals surface area contributed by atoms with Crippen molar-refractivity contribution in [2.75, 3.05) is 0 Å². The zero-order valence-corrected chi connectivity index (χ0v) is 12.0. The van der Waals surface area contributed by atoms with Crippen LogP contribution >= 0.6 is 11.3 Å². The third kappa shape index (κ3) is 3.08. The minimum Gasteiger partial charge on any atom is -0.478 e. The maximum Gasteiger partial charge on any atom is 0.339 e. The molecule has 2 rings (SSSR count). The number of aryl methyl sites for hydroxylation is 2. The zero-order chi connectivity index (χ0) is 14.7. The van der Waals surface area contributed by atoms with E-state index in [9.17, 15) is 9.59 Å². The smallest absolute Gasteiger partial charge is 0.339 e. The van der Waals surface area contributed by atoms with Crippen molar-refractivity contribution in [1.29, 1.82) is 0 Å². The first-order valence-electron chi connectivity index (χ1n) is 6.20. The summed E-state index contributed by atoms with van der Waals surface area (Å²) in [6.07, 6.45) is 0.430. The molecule has 106 valence electrons. The van der Waals surface area contributed by atoms with Crippen molar-refractivity contribution >= 4 is 23.2 Å². The van der Waals surface area contributed by atoms with E-state index in [1.807, 2.05) is 19.1 Å². The number of carboxylic acids is 1. The summed E-state index contributed by atoms with van der Waals surface area (Å²) in [4.78, 5) is 25.2. The van der Waals surface area contributed by atoms with Crippen LogP contribution in [0.15, 0.2) is 22.6 Å². The van der Waals surface area contributed by atoms with Crippen molar-refractivity contribution in [2.24, 2.45) is 0 Å². The highest BCUT2D eigenvalue weighted by atomic mass is 32.1. The first-order valence-corrected chi connectivity index (χ1v) is 7.02. The highest BCUT2D eigenvalue weighted by Crippen LogP contribution is 2.18. The fourth-order valence-electron chi connectivity index (χ4n) is 1.82. The SMILES string of the molecule is CCc1oc(C(=O)NCc2ccc(C)s2)cc1C(=O)O. The van der Waals surface area contributed by atoms with Crippen LogP contribution in [0.1, 0.15) is 43.4 Å². The maximum absolute atomic E-state index is 11.9. The molecule has 20 heavy (non-hydrogen) atoms. The number of hydrogen-bond acceptors (Lipinski definition) is 4. The molecule has 0 unspecified atom stereocenters. The second-order valence-electron chi connectivity index (χ2n) is 4.30. The molecule has 2 heterocycles. The lowest BCUT2D eigenvalue weighted by molar-refractivity contribution is 0.0694. The van der Waals surface area contributed by atoms with Gasteiger partial charge >= 0.3 is 5.97 Å². The molecule has 0 saturated heterocycles. The number of nitrogens with one attached hydrogen (secondary N) is 1. The van der Waals surface area contributed by atoms with E-state index in [2.05, 4.69) is 5.32 Å². The number of furan rings is 1. The topological polar surface area (TPSA) is 79.5 Å². The summed E-state index contributed by atoms with van der Waals surface area (Å²) >= 11 is 1.60. The van der Waals surface area contributed by atoms with Crippen LogP contribution in [-0.4, -0.2) is 17.0 Å². The predicted molar refractivity (Wildman–Crippen MR) is 75.3 cm³/mol. The summed E-state index contributed by atoms with van der Waals surface area (Å²) in [7, 11) is 0. The van der Waals surface area contributed by atoms with Crippen LogP contribution in [0.5, 0.6) is 0 Å². The fourth-order valence-corrected chi connectivity index (χ4v) is 2.65. The molecule has 0 spiro atoms. The van der Waals surface area contributed by atoms with Crippen LogP contribution in [0.25, 0.3) is 0 Å². The van der Waals surface area contributed by atoms with Crippen molar-refractivity contribution in [3.63, 3.8) is 0 Å². The van der Waals surface area contributed by atoms with Crippen molar-refractivity contribution in [1.82, 2.24) is 5.32 Å². The second-order valence-corrected chi connectivity index (χ2v) is 5.67. The van der Waals surface area contributed by atoms with Crippen LogP contribution in [0.2, 0.25) is 0 Å². The average molecular weight is 293 g/mol. The number of rotatable bonds is 5. The van der Waals surface area contributed by atoms with E-state index in [1.54, 1.807) is 18.3 Å². The van der Waals surface area contributed by atoms with E-state index in [0.717, 1.165) is 4.88 Å². The van der Waals surface area contributed by atoms with Gasteiger partial charge in [0.1, 0.15) is 11.3 Å². The summed E-state index contributed by atoms with van der Waals surface area (Å²) in [5.74, 6) is -1.14. The molecule has 0 atom stereocenters. The quantitative estimate of drug-likeness (QED) is 0.888. The van der Waals surface area contributed by atoms with E-state index in [0.29, 0.717) is 18.7 Å². The van der Waals surface area contributed by atoms with Crippen molar-refractivity contribution < 1.29 is 19.1 Å². The Morgan fingerprint density at radius 1 is 1.40 bits per heavy atom. The Labute approximate surface area is 120 Å². The minimum absolute atomic E-state index is 0.0347. The van der Waals surface area contributed by atoms with Gasteiger partial charge in [0.2, 0.25) is 0 Å². The molecule has 0 aliphatic rings. The first kappa shape index (κ1) is 14.3. The van der Waals surface area contributed by atoms with Crippen LogP contribution in [0.4, 0.5) is 0 Å². The molecular weight excluding hydrogens is 278 g/mol. The Kier molecular flexibility index (Phi) is 4.24. The van der Waals surface area contributed by atoms with Gasteiger partial charge in [-0.15, -0.1) is 11.3 Å². The zero-order valence-electron chi connectivity index (χ0n) is 11.2. The van der Waals surface area contributed by atoms with Crippen LogP contribution in [0.3, 0.4) is 0 Å². The van der Waals surface area contributed by atoms with Crippen molar-refractivity contribution in [2.45, 2.75) is 26.8 Å². The largest absolute Gasteiger partial charge is 0.478 e. The molecule has 0 bridgehead atoms. The molecule has 2 aromatic rings. The number of carbonyl (C=O) groups excluding carboxylic acids is 1. The first-order chi connectivity index (χ1) is 9.51. The third-order valence-electron chi connectivity index (χ3n) is 2.80. The highest BCUT2D eigenvalue weighted by molar-refractivity contribution is 7.11. The maximum atomic E-state index is 11.9. The highest BCUT2D eigenvalue weighted by Gasteiger charge is 2.19. The third-order valence-corrected chi connectivity index (χ3v) is 3.80. The molecule has 0 aromatic carbocycles. The standard InChI is InChI=1S/C14H15NO4S/c1-3-11-10(14(17)18)6-12(19-11)13(16)15-7-9-5-4-8(2)20-9/h4-6H,3,7H2,1-2H3,(H,15,16)(H,17,18). The lowest BCUT2D eigenvalue weighted by Crippen LogP contribution is -2.21. The molecule has 0 aliphatic carbocycles. The van der Waals surface area contributed by atoms with E-state index in [4.69, 9.17) is 9.52 Å². The van der Waals surface area contributed by atoms with Gasteiger partial charge in [0.25, 0.3) is 5.91 Å². The molecule has 5 nitrogen and oxygen atoms in total. The monoisotopic (exact) mass is 293 g/mol. The number of aromatic carboxylic acids is 1. The van der Waals surface area contributed by atoms with E-state index < -0.39 is 11.9 Å². The molecule has 6 heteroatoms. The van der Waals surface area contributed by atoms with Gasteiger partial charge in [-0.1, -0.05) is 6.92 Å². The van der Waals surface area contributed by atoms with Crippen LogP contribution in [-0.2, 0) is 13.0 Å². The molecule has 2 aromatic heterocycles. The van der Waals surface area contributed by atoms with Gasteiger partial charge in [-0.25, -0.2) is 4.79 Å². The summed E-state index contributed by atoms with van der Waals surface area (Å²) in [6.45, 7) is 4.18. The molecule has 2 N–H and O–H groups in total. The van der Waals surface area contributed by atoms with E-state index in [-0.39, 0.29) is 11.3 Å². The summed E-state index contributed by atoms with van der Waals surface area (Å²) in [6, 6.07) is 5.20. The molecule has 0 fully saturated rings. The van der Waals surface area contributed by atoms with Crippen molar-refractivity contribution in [3.8, 4) is 0 Å². The Bertz CT molecular complexity index is 641. The summed E-state index contributed by atoms with van der Waals surface area (Å²) < 4.78 is 5.29. The average Bonchev–Trinajstić information content (AvgIpc) is 3.01. The van der Waals surface area contributed by atoms with Gasteiger partial charge in [0.05, 0.1) is 6.54 Å². The Morgan fingerprint density at radius 2 is 2.15 bits per heavy atom. The molecule has 0 radical (unpaired) electrons. The Balaban J connectivity index is 2.07. The molecule has 0 aliphatic heterocycles. The van der Waals surface area contributed by atoms with Gasteiger partial charge in [0.15, 0.2) is 5.76 Å². The normalized spacial score (nSPS) is 10.5. The van der Waals surface area contributed by atoms with Gasteiger partial charge in [0, 0.05) is 22.2 Å². The Morgan fingerprint density at radius 3 is 2.65 bits per heavy atom. The molecule has 0 saturated carbocycles. The van der Waals surface area contributed by atoms with Gasteiger partial charge < -0.3 is 14.8 Å². The lowest BCUT2D eigenvalue weighted by Gasteiger charge is -2.00. The molecule has 1 amide bonds. The van der Waals surface area contributed by atoms with Crippen LogP contribution < -0.4 is 5.32 Å². The second kappa shape index (κ2) is 5.92. The summed E-state index contributed by atoms with van der Waals surface area (Å²) in [5, 5.41) is 11.7. The fraction of sp³-hybridized carbons (Fsp3) is 0.286. The van der Waals surface area contributed by atoms with Gasteiger partial charge in [-0.3, -0.25) is 4.79 Å². The predicted octanol–water partition coefficient (Wildman–Crippen LogP) is 2.84. The summed E-state index contributed by atoms with van der Waals surface area (Å²) in [5.41, 5.74) is 0.0459. The number of thiophene rings is 1. The lowest BCUT2D eigenvalue weighted by atomic mass is 10.2. The van der Waals surface area contributed by atoms with E-state index in [1.165, 1.54) is 10.9 Å². The number of carbonyl (C=O) groups is 2. The minimum atomic E-state index is -1.08. The number of hydrogen-bond donors (Lipinski definition) is 2. The molecular formula is C14H15NO4S. The Hall–Kier alpha value is -2.08. The number of amides is 1. The van der Waals surface area contributed by atoms with Gasteiger partial charge in [-0.2, -0.15) is 0 Å². The van der Waals surface area contributed by atoms with Gasteiger partial charge in [-0.05, 0) is 19.1 Å². The van der Waals surface area contributed by atoms with E-state index >= 15 is 0 Å². The van der Waals surface area contributed by atoms with Crippen LogP contribution in [0, 0.1) is 6.92 Å². The number of carboxylic acid groups (broad SMARTS) is 1.